The van der Waals surface area contributed by atoms with E-state index in [0.29, 0.717) is 12.8 Å². The van der Waals surface area contributed by atoms with E-state index in [1.165, 1.54) is 0 Å². The van der Waals surface area contributed by atoms with Crippen molar-refractivity contribution in [1.29, 1.82) is 0 Å². The van der Waals surface area contributed by atoms with Crippen LogP contribution in [0.1, 0.15) is 33.6 Å². The summed E-state index contributed by atoms with van der Waals surface area (Å²) in [5.41, 5.74) is -0.568. The summed E-state index contributed by atoms with van der Waals surface area (Å²) in [7, 11) is 0. The third-order valence-electron chi connectivity index (χ3n) is 3.04. The number of piperidine rings is 1. The first kappa shape index (κ1) is 11.8. The van der Waals surface area contributed by atoms with Crippen LogP contribution in [0.15, 0.2) is 0 Å². The highest BCUT2D eigenvalue weighted by Gasteiger charge is 2.70. The highest BCUT2D eigenvalue weighted by molar-refractivity contribution is 5.76. The molecule has 3 nitrogen and oxygen atoms in total. The number of esters is 1. The van der Waals surface area contributed by atoms with Crippen LogP contribution in [0, 0.1) is 5.92 Å². The summed E-state index contributed by atoms with van der Waals surface area (Å²) in [4.78, 5) is 11.7. The van der Waals surface area contributed by atoms with Gasteiger partial charge in [0, 0.05) is 5.92 Å². The van der Waals surface area contributed by atoms with Crippen LogP contribution < -0.4 is 5.32 Å². The van der Waals surface area contributed by atoms with Crippen LogP contribution in [0.25, 0.3) is 0 Å². The second-order valence-corrected chi connectivity index (χ2v) is 5.59. The molecule has 0 spiro atoms. The van der Waals surface area contributed by atoms with Crippen LogP contribution in [0.4, 0.5) is 8.78 Å². The summed E-state index contributed by atoms with van der Waals surface area (Å²) in [6.45, 7) is 5.30. The van der Waals surface area contributed by atoms with Gasteiger partial charge in [-0.1, -0.05) is 0 Å². The Bertz CT molecular complexity index is 312. The number of carbonyl (C=O) groups excluding carboxylic acids is 1. The topological polar surface area (TPSA) is 38.3 Å². The van der Waals surface area contributed by atoms with Crippen molar-refractivity contribution in [2.45, 2.75) is 57.2 Å². The fourth-order valence-corrected chi connectivity index (χ4v) is 2.18. The second kappa shape index (κ2) is 3.39. The van der Waals surface area contributed by atoms with E-state index < -0.39 is 35.5 Å². The summed E-state index contributed by atoms with van der Waals surface area (Å²) >= 11 is 0. The molecule has 1 N–H and O–H groups in total. The van der Waals surface area contributed by atoms with Gasteiger partial charge < -0.3 is 4.74 Å². The van der Waals surface area contributed by atoms with Gasteiger partial charge in [0.15, 0.2) is 0 Å². The van der Waals surface area contributed by atoms with E-state index in [9.17, 15) is 13.6 Å². The highest BCUT2D eigenvalue weighted by Crippen LogP contribution is 2.54. The van der Waals surface area contributed by atoms with E-state index in [-0.39, 0.29) is 0 Å². The molecule has 0 aromatic carbocycles. The summed E-state index contributed by atoms with van der Waals surface area (Å²) in [6, 6.07) is -1.40. The van der Waals surface area contributed by atoms with Gasteiger partial charge in [-0.3, -0.25) is 10.1 Å². The molecule has 0 bridgehead atoms. The first-order valence-electron chi connectivity index (χ1n) is 5.58. The van der Waals surface area contributed by atoms with Gasteiger partial charge in [0.1, 0.15) is 11.6 Å². The summed E-state index contributed by atoms with van der Waals surface area (Å²) in [6.07, 6.45) is 0.834. The molecule has 0 amide bonds. The van der Waals surface area contributed by atoms with Gasteiger partial charge >= 0.3 is 5.97 Å². The number of fused-ring (bicyclic) bond motifs is 1. The quantitative estimate of drug-likeness (QED) is 0.701. The van der Waals surface area contributed by atoms with Crippen LogP contribution in [0.5, 0.6) is 0 Å². The van der Waals surface area contributed by atoms with Gasteiger partial charge in [-0.25, -0.2) is 8.78 Å². The van der Waals surface area contributed by atoms with Gasteiger partial charge in [0.2, 0.25) is 0 Å². The van der Waals surface area contributed by atoms with Crippen molar-refractivity contribution >= 4 is 5.97 Å². The molecular formula is C11H17F2NO2. The van der Waals surface area contributed by atoms with Gasteiger partial charge in [-0.2, -0.15) is 0 Å². The minimum Gasteiger partial charge on any atom is -0.459 e. The molecule has 1 heterocycles. The van der Waals surface area contributed by atoms with Crippen LogP contribution in [0.2, 0.25) is 0 Å². The lowest BCUT2D eigenvalue weighted by Gasteiger charge is -2.26. The van der Waals surface area contributed by atoms with Gasteiger partial charge in [0.05, 0.1) is 6.04 Å². The summed E-state index contributed by atoms with van der Waals surface area (Å²) in [5.74, 6) is -3.63. The normalized spacial score (nSPS) is 36.4. The standard InChI is InChI=1S/C11H17F2NO2/c1-10(2,3)16-9(15)7-5-4-6-8(14-7)11(6,12)13/h6-8,14H,4-5H2,1-3H3/t6?,7-,8?/m1/s1. The van der Waals surface area contributed by atoms with E-state index in [2.05, 4.69) is 5.32 Å². The van der Waals surface area contributed by atoms with Crippen LogP contribution >= 0.6 is 0 Å². The van der Waals surface area contributed by atoms with Crippen molar-refractivity contribution < 1.29 is 18.3 Å². The number of alkyl halides is 2. The van der Waals surface area contributed by atoms with Crippen molar-refractivity contribution in [3.05, 3.63) is 0 Å². The lowest BCUT2D eigenvalue weighted by molar-refractivity contribution is -0.158. The maximum Gasteiger partial charge on any atom is 0.323 e. The minimum atomic E-state index is -2.63. The molecule has 1 saturated carbocycles. The zero-order chi connectivity index (χ0) is 12.1. The molecule has 92 valence electrons. The number of hydrogen-bond donors (Lipinski definition) is 1. The summed E-state index contributed by atoms with van der Waals surface area (Å²) in [5, 5.41) is 2.68. The molecule has 16 heavy (non-hydrogen) atoms. The zero-order valence-electron chi connectivity index (χ0n) is 9.72. The predicted molar refractivity (Wildman–Crippen MR) is 54.2 cm³/mol. The predicted octanol–water partition coefficient (Wildman–Crippen LogP) is 1.71. The van der Waals surface area contributed by atoms with E-state index in [1.807, 2.05) is 0 Å². The van der Waals surface area contributed by atoms with E-state index in [4.69, 9.17) is 4.74 Å². The molecule has 2 fully saturated rings. The highest BCUT2D eigenvalue weighted by atomic mass is 19.3. The Kier molecular flexibility index (Phi) is 2.49. The molecule has 2 rings (SSSR count). The largest absolute Gasteiger partial charge is 0.459 e. The third kappa shape index (κ3) is 2.05. The molecule has 0 aromatic rings. The lowest BCUT2D eigenvalue weighted by Crippen LogP contribution is -2.45. The van der Waals surface area contributed by atoms with E-state index in [1.54, 1.807) is 20.8 Å². The molecule has 2 aliphatic rings. The fourth-order valence-electron chi connectivity index (χ4n) is 2.18. The molecule has 1 saturated heterocycles. The van der Waals surface area contributed by atoms with E-state index >= 15 is 0 Å². The minimum absolute atomic E-state index is 0.397. The first-order valence-corrected chi connectivity index (χ1v) is 5.58. The third-order valence-corrected chi connectivity index (χ3v) is 3.04. The number of nitrogens with one attached hydrogen (secondary N) is 1. The number of hydrogen-bond acceptors (Lipinski definition) is 3. The maximum absolute atomic E-state index is 13.1. The maximum atomic E-state index is 13.1. The Balaban J connectivity index is 1.91. The average Bonchev–Trinajstić information content (AvgIpc) is 2.66. The Morgan fingerprint density at radius 2 is 2.00 bits per heavy atom. The Morgan fingerprint density at radius 3 is 2.50 bits per heavy atom. The van der Waals surface area contributed by atoms with Crippen LogP contribution in [0.3, 0.4) is 0 Å². The molecule has 2 unspecified atom stereocenters. The van der Waals surface area contributed by atoms with Crippen LogP contribution in [-0.2, 0) is 9.53 Å². The molecule has 3 atom stereocenters. The SMILES string of the molecule is CC(C)(C)OC(=O)[C@H]1CCC2C(N1)C2(F)F. The number of carbonyl (C=O) groups is 1. The molecule has 1 aliphatic carbocycles. The average molecular weight is 233 g/mol. The Labute approximate surface area is 93.5 Å². The fraction of sp³-hybridized carbons (Fsp3) is 0.909. The van der Waals surface area contributed by atoms with Gasteiger partial charge in [-0.15, -0.1) is 0 Å². The van der Waals surface area contributed by atoms with Crippen molar-refractivity contribution in [2.24, 2.45) is 5.92 Å². The number of rotatable bonds is 1. The van der Waals surface area contributed by atoms with Crippen molar-refractivity contribution in [3.63, 3.8) is 0 Å². The summed E-state index contributed by atoms with van der Waals surface area (Å²) < 4.78 is 31.3. The number of ether oxygens (including phenoxy) is 1. The lowest BCUT2D eigenvalue weighted by atomic mass is 10.0. The molecular weight excluding hydrogens is 216 g/mol. The molecule has 0 aromatic heterocycles. The monoisotopic (exact) mass is 233 g/mol. The smallest absolute Gasteiger partial charge is 0.323 e. The van der Waals surface area contributed by atoms with Crippen LogP contribution in [-0.4, -0.2) is 29.6 Å². The van der Waals surface area contributed by atoms with Gasteiger partial charge in [0.25, 0.3) is 5.92 Å². The zero-order valence-corrected chi connectivity index (χ0v) is 9.72. The molecule has 0 radical (unpaired) electrons. The Hall–Kier alpha value is -0.710. The Morgan fingerprint density at radius 1 is 1.38 bits per heavy atom. The van der Waals surface area contributed by atoms with Crippen molar-refractivity contribution in [2.75, 3.05) is 0 Å². The molecule has 1 aliphatic heterocycles. The van der Waals surface area contributed by atoms with Crippen molar-refractivity contribution in [1.82, 2.24) is 5.32 Å². The first-order chi connectivity index (χ1) is 7.22. The van der Waals surface area contributed by atoms with Gasteiger partial charge in [-0.05, 0) is 33.6 Å². The van der Waals surface area contributed by atoms with E-state index in [0.717, 1.165) is 0 Å². The second-order valence-electron chi connectivity index (χ2n) is 5.59. The van der Waals surface area contributed by atoms with Crippen molar-refractivity contribution in [3.8, 4) is 0 Å². The molecule has 5 heteroatoms. The number of halogens is 2.